The number of ether oxygens (including phenoxy) is 2. The zero-order valence-electron chi connectivity index (χ0n) is 16.6. The highest BCUT2D eigenvalue weighted by molar-refractivity contribution is 5.06. The highest BCUT2D eigenvalue weighted by Gasteiger charge is 2.46. The first kappa shape index (κ1) is 20.7. The molecule has 3 atom stereocenters. The molecule has 1 aliphatic carbocycles. The molecule has 3 heteroatoms. The fourth-order valence-corrected chi connectivity index (χ4v) is 4.48. The van der Waals surface area contributed by atoms with E-state index in [4.69, 9.17) is 9.47 Å². The summed E-state index contributed by atoms with van der Waals surface area (Å²) in [6, 6.07) is 2.64. The van der Waals surface area contributed by atoms with Gasteiger partial charge in [-0.3, -0.25) is 0 Å². The summed E-state index contributed by atoms with van der Waals surface area (Å²) in [6.07, 6.45) is 16.8. The van der Waals surface area contributed by atoms with Crippen LogP contribution in [0.15, 0.2) is 0 Å². The average Bonchev–Trinajstić information content (AvgIpc) is 2.67. The second-order valence-corrected chi connectivity index (χ2v) is 8.28. The van der Waals surface area contributed by atoms with Crippen molar-refractivity contribution in [2.24, 2.45) is 11.3 Å². The number of nitrogens with zero attached hydrogens (tertiary/aromatic N) is 1. The number of hydrogen-bond donors (Lipinski definition) is 0. The van der Waals surface area contributed by atoms with Gasteiger partial charge >= 0.3 is 0 Å². The van der Waals surface area contributed by atoms with Crippen molar-refractivity contribution in [3.05, 3.63) is 0 Å². The molecule has 2 fully saturated rings. The smallest absolute Gasteiger partial charge is 0.160 e. The Balaban J connectivity index is 1.95. The molecule has 0 N–H and O–H groups in total. The van der Waals surface area contributed by atoms with Gasteiger partial charge in [0.1, 0.15) is 5.41 Å². The Morgan fingerprint density at radius 3 is 2.36 bits per heavy atom. The zero-order valence-corrected chi connectivity index (χ0v) is 16.6. The summed E-state index contributed by atoms with van der Waals surface area (Å²) in [5.74, 6) is 0.541. The molecule has 1 saturated carbocycles. The number of unbranched alkanes of at least 4 members (excludes halogenated alkanes) is 5. The first-order valence-electron chi connectivity index (χ1n) is 10.9. The maximum atomic E-state index is 10.0. The Hall–Kier alpha value is -0.590. The summed E-state index contributed by atoms with van der Waals surface area (Å²) < 4.78 is 12.6. The molecule has 3 unspecified atom stereocenters. The minimum absolute atomic E-state index is 0.0595. The van der Waals surface area contributed by atoms with Gasteiger partial charge < -0.3 is 9.47 Å². The molecule has 3 nitrogen and oxygen atoms in total. The first-order chi connectivity index (χ1) is 12.3. The molecule has 0 spiro atoms. The molecular formula is C22H39NO2. The van der Waals surface area contributed by atoms with Gasteiger partial charge in [0.05, 0.1) is 18.8 Å². The van der Waals surface area contributed by atoms with E-state index in [0.29, 0.717) is 12.5 Å². The monoisotopic (exact) mass is 349 g/mol. The number of nitriles is 1. The lowest BCUT2D eigenvalue weighted by molar-refractivity contribution is -0.278. The van der Waals surface area contributed by atoms with Crippen molar-refractivity contribution in [2.75, 3.05) is 6.61 Å². The Labute approximate surface area is 155 Å². The third-order valence-electron chi connectivity index (χ3n) is 6.22. The minimum Gasteiger partial charge on any atom is -0.351 e. The maximum Gasteiger partial charge on any atom is 0.160 e. The lowest BCUT2D eigenvalue weighted by Crippen LogP contribution is -2.50. The van der Waals surface area contributed by atoms with E-state index in [1.807, 2.05) is 0 Å². The molecule has 1 heterocycles. The van der Waals surface area contributed by atoms with E-state index in [0.717, 1.165) is 32.1 Å². The van der Waals surface area contributed by atoms with Gasteiger partial charge in [-0.25, -0.2) is 0 Å². The Kier molecular flexibility index (Phi) is 9.28. The lowest BCUT2D eigenvalue weighted by atomic mass is 9.76. The van der Waals surface area contributed by atoms with Gasteiger partial charge in [-0.05, 0) is 25.7 Å². The van der Waals surface area contributed by atoms with Gasteiger partial charge in [0.15, 0.2) is 6.29 Å². The van der Waals surface area contributed by atoms with E-state index in [9.17, 15) is 5.26 Å². The van der Waals surface area contributed by atoms with Gasteiger partial charge in [0.25, 0.3) is 0 Å². The van der Waals surface area contributed by atoms with Crippen LogP contribution in [0.2, 0.25) is 0 Å². The Bertz CT molecular complexity index is 399. The van der Waals surface area contributed by atoms with E-state index in [2.05, 4.69) is 19.9 Å². The molecule has 1 aliphatic heterocycles. The normalized spacial score (nSPS) is 30.9. The van der Waals surface area contributed by atoms with Crippen molar-refractivity contribution in [1.29, 1.82) is 5.26 Å². The molecule has 2 rings (SSSR count). The van der Waals surface area contributed by atoms with Crippen LogP contribution in [-0.2, 0) is 9.47 Å². The summed E-state index contributed by atoms with van der Waals surface area (Å²) in [7, 11) is 0. The van der Waals surface area contributed by atoms with E-state index in [1.165, 1.54) is 57.8 Å². The molecule has 0 radical (unpaired) electrons. The summed E-state index contributed by atoms with van der Waals surface area (Å²) in [5.41, 5.74) is -0.424. The van der Waals surface area contributed by atoms with Crippen LogP contribution in [0.25, 0.3) is 0 Å². The Morgan fingerprint density at radius 2 is 1.68 bits per heavy atom. The molecule has 1 saturated heterocycles. The predicted octanol–water partition coefficient (Wildman–Crippen LogP) is 6.37. The quantitative estimate of drug-likeness (QED) is 0.430. The Morgan fingerprint density at radius 1 is 0.960 bits per heavy atom. The molecule has 0 aromatic rings. The average molecular weight is 350 g/mol. The van der Waals surface area contributed by atoms with Crippen LogP contribution in [0.4, 0.5) is 0 Å². The van der Waals surface area contributed by atoms with Crippen LogP contribution in [-0.4, -0.2) is 19.0 Å². The fourth-order valence-electron chi connectivity index (χ4n) is 4.48. The second kappa shape index (κ2) is 11.2. The van der Waals surface area contributed by atoms with Crippen molar-refractivity contribution in [3.8, 4) is 6.07 Å². The summed E-state index contributed by atoms with van der Waals surface area (Å²) in [6.45, 7) is 5.04. The molecule has 2 aliphatic rings. The van der Waals surface area contributed by atoms with E-state index < -0.39 is 5.41 Å². The third kappa shape index (κ3) is 5.97. The molecule has 0 aromatic heterocycles. The van der Waals surface area contributed by atoms with Crippen LogP contribution in [0.1, 0.15) is 104 Å². The van der Waals surface area contributed by atoms with Gasteiger partial charge in [0, 0.05) is 5.92 Å². The first-order valence-corrected chi connectivity index (χ1v) is 10.9. The van der Waals surface area contributed by atoms with Crippen LogP contribution in [0.5, 0.6) is 0 Å². The fraction of sp³-hybridized carbons (Fsp3) is 0.955. The molecule has 25 heavy (non-hydrogen) atoms. The SMILES string of the molecule is CCCCCCCC1(C#N)COC(C2CCCCC2)OC1CCCC. The largest absolute Gasteiger partial charge is 0.351 e. The van der Waals surface area contributed by atoms with Gasteiger partial charge in [-0.1, -0.05) is 78.1 Å². The highest BCUT2D eigenvalue weighted by Crippen LogP contribution is 2.41. The van der Waals surface area contributed by atoms with Gasteiger partial charge in [0.2, 0.25) is 0 Å². The maximum absolute atomic E-state index is 10.0. The zero-order chi connectivity index (χ0) is 18.0. The van der Waals surface area contributed by atoms with Crippen molar-refractivity contribution in [1.82, 2.24) is 0 Å². The van der Waals surface area contributed by atoms with Crippen molar-refractivity contribution >= 4 is 0 Å². The van der Waals surface area contributed by atoms with Crippen LogP contribution < -0.4 is 0 Å². The second-order valence-electron chi connectivity index (χ2n) is 8.28. The van der Waals surface area contributed by atoms with E-state index in [-0.39, 0.29) is 12.4 Å². The topological polar surface area (TPSA) is 42.2 Å². The van der Waals surface area contributed by atoms with E-state index in [1.54, 1.807) is 0 Å². The van der Waals surface area contributed by atoms with Gasteiger partial charge in [-0.15, -0.1) is 0 Å². The highest BCUT2D eigenvalue weighted by atomic mass is 16.7. The molecular weight excluding hydrogens is 310 g/mol. The molecule has 0 bridgehead atoms. The summed E-state index contributed by atoms with van der Waals surface area (Å²) in [5, 5.41) is 10.0. The van der Waals surface area contributed by atoms with Crippen molar-refractivity contribution in [3.63, 3.8) is 0 Å². The van der Waals surface area contributed by atoms with Crippen molar-refractivity contribution in [2.45, 2.75) is 116 Å². The summed E-state index contributed by atoms with van der Waals surface area (Å²) in [4.78, 5) is 0. The number of hydrogen-bond acceptors (Lipinski definition) is 3. The molecule has 0 aromatic carbocycles. The van der Waals surface area contributed by atoms with Gasteiger partial charge in [-0.2, -0.15) is 5.26 Å². The third-order valence-corrected chi connectivity index (χ3v) is 6.22. The predicted molar refractivity (Wildman–Crippen MR) is 102 cm³/mol. The van der Waals surface area contributed by atoms with Crippen LogP contribution >= 0.6 is 0 Å². The lowest BCUT2D eigenvalue weighted by Gasteiger charge is -2.45. The van der Waals surface area contributed by atoms with Crippen LogP contribution in [0.3, 0.4) is 0 Å². The summed E-state index contributed by atoms with van der Waals surface area (Å²) >= 11 is 0. The van der Waals surface area contributed by atoms with Crippen LogP contribution in [0, 0.1) is 22.7 Å². The molecule has 144 valence electrons. The number of rotatable bonds is 10. The minimum atomic E-state index is -0.424. The standard InChI is InChI=1S/C22H39NO2/c1-3-5-7-8-12-16-22(17-23)18-24-21(19-13-10-9-11-14-19)25-20(22)15-6-4-2/h19-21H,3-16,18H2,1-2H3. The van der Waals surface area contributed by atoms with Crippen molar-refractivity contribution < 1.29 is 9.47 Å². The van der Waals surface area contributed by atoms with E-state index >= 15 is 0 Å². The molecule has 0 amide bonds.